The van der Waals surface area contributed by atoms with Crippen LogP contribution in [0.2, 0.25) is 5.15 Å². The highest BCUT2D eigenvalue weighted by molar-refractivity contribution is 6.29. The molecule has 0 fully saturated rings. The SMILES string of the molecule is [N-]=[N+]=NCc1cccc(Cl)n1. The fraction of sp³-hybridized carbons (Fsp3) is 0.167. The lowest BCUT2D eigenvalue weighted by molar-refractivity contribution is 0.976. The van der Waals surface area contributed by atoms with E-state index in [0.29, 0.717) is 10.8 Å². The molecule has 0 bridgehead atoms. The van der Waals surface area contributed by atoms with E-state index in [9.17, 15) is 0 Å². The third-order valence-electron chi connectivity index (χ3n) is 1.07. The standard InChI is InChI=1S/C6H5ClN4/c7-6-3-1-2-5(10-6)4-9-11-8/h1-3H,4H2. The minimum atomic E-state index is 0.247. The van der Waals surface area contributed by atoms with Crippen LogP contribution >= 0.6 is 11.6 Å². The van der Waals surface area contributed by atoms with E-state index < -0.39 is 0 Å². The molecule has 0 aliphatic rings. The number of rotatable bonds is 2. The van der Waals surface area contributed by atoms with E-state index in [4.69, 9.17) is 17.1 Å². The minimum Gasteiger partial charge on any atom is -0.241 e. The lowest BCUT2D eigenvalue weighted by atomic mass is 10.4. The Balaban J connectivity index is 2.79. The fourth-order valence-electron chi connectivity index (χ4n) is 0.642. The van der Waals surface area contributed by atoms with Crippen LogP contribution in [0, 0.1) is 0 Å². The topological polar surface area (TPSA) is 61.7 Å². The molecule has 4 nitrogen and oxygen atoms in total. The van der Waals surface area contributed by atoms with Gasteiger partial charge in [-0.25, -0.2) is 4.98 Å². The first-order valence-electron chi connectivity index (χ1n) is 2.95. The maximum absolute atomic E-state index is 7.99. The molecule has 11 heavy (non-hydrogen) atoms. The highest BCUT2D eigenvalue weighted by Crippen LogP contribution is 2.05. The average molecular weight is 169 g/mol. The molecule has 0 unspecified atom stereocenters. The lowest BCUT2D eigenvalue weighted by Crippen LogP contribution is -1.85. The maximum atomic E-state index is 7.99. The zero-order chi connectivity index (χ0) is 8.10. The number of halogens is 1. The van der Waals surface area contributed by atoms with Crippen LogP contribution in [-0.4, -0.2) is 4.98 Å². The summed E-state index contributed by atoms with van der Waals surface area (Å²) in [5.41, 5.74) is 8.67. The molecule has 0 radical (unpaired) electrons. The van der Waals surface area contributed by atoms with Gasteiger partial charge < -0.3 is 0 Å². The van der Waals surface area contributed by atoms with E-state index in [-0.39, 0.29) is 6.54 Å². The van der Waals surface area contributed by atoms with Crippen LogP contribution in [0.15, 0.2) is 23.3 Å². The molecule has 1 aromatic rings. The molecule has 1 aromatic heterocycles. The predicted octanol–water partition coefficient (Wildman–Crippen LogP) is 2.55. The van der Waals surface area contributed by atoms with Crippen molar-refractivity contribution in [2.45, 2.75) is 6.54 Å². The number of hydrogen-bond acceptors (Lipinski definition) is 2. The van der Waals surface area contributed by atoms with E-state index >= 15 is 0 Å². The van der Waals surface area contributed by atoms with E-state index in [2.05, 4.69) is 15.0 Å². The van der Waals surface area contributed by atoms with Gasteiger partial charge in [-0.1, -0.05) is 22.8 Å². The number of azide groups is 1. The number of nitrogens with zero attached hydrogens (tertiary/aromatic N) is 4. The summed E-state index contributed by atoms with van der Waals surface area (Å²) in [6, 6.07) is 5.18. The molecular formula is C6H5ClN4. The molecule has 0 spiro atoms. The van der Waals surface area contributed by atoms with Crippen LogP contribution in [0.1, 0.15) is 5.69 Å². The Morgan fingerprint density at radius 1 is 1.64 bits per heavy atom. The van der Waals surface area contributed by atoms with Crippen molar-refractivity contribution >= 4 is 11.6 Å². The van der Waals surface area contributed by atoms with Crippen molar-refractivity contribution in [3.8, 4) is 0 Å². The van der Waals surface area contributed by atoms with E-state index in [1.807, 2.05) is 0 Å². The van der Waals surface area contributed by atoms with Gasteiger partial charge in [-0.15, -0.1) is 0 Å². The van der Waals surface area contributed by atoms with Gasteiger partial charge in [0.15, 0.2) is 0 Å². The first kappa shape index (κ1) is 7.85. The second-order valence-electron chi connectivity index (χ2n) is 1.84. The van der Waals surface area contributed by atoms with Crippen molar-refractivity contribution in [1.82, 2.24) is 4.98 Å². The van der Waals surface area contributed by atoms with Gasteiger partial charge in [-0.3, -0.25) is 0 Å². The largest absolute Gasteiger partial charge is 0.241 e. The molecule has 1 heterocycles. The molecule has 56 valence electrons. The Hall–Kier alpha value is -1.25. The summed E-state index contributed by atoms with van der Waals surface area (Å²) < 4.78 is 0. The van der Waals surface area contributed by atoms with Crippen molar-refractivity contribution in [2.75, 3.05) is 0 Å². The van der Waals surface area contributed by atoms with Gasteiger partial charge in [0.2, 0.25) is 0 Å². The maximum Gasteiger partial charge on any atom is 0.129 e. The molecule has 0 N–H and O–H groups in total. The summed E-state index contributed by atoms with van der Waals surface area (Å²) in [4.78, 5) is 6.51. The number of pyridine rings is 1. The van der Waals surface area contributed by atoms with Gasteiger partial charge in [0.1, 0.15) is 5.15 Å². The molecule has 0 amide bonds. The van der Waals surface area contributed by atoms with Crippen LogP contribution < -0.4 is 0 Å². The van der Waals surface area contributed by atoms with Crippen molar-refractivity contribution in [3.63, 3.8) is 0 Å². The van der Waals surface area contributed by atoms with Crippen LogP contribution in [0.5, 0.6) is 0 Å². The normalized spacial score (nSPS) is 8.82. The van der Waals surface area contributed by atoms with Crippen LogP contribution in [0.25, 0.3) is 10.4 Å². The fourth-order valence-corrected chi connectivity index (χ4v) is 0.824. The van der Waals surface area contributed by atoms with Gasteiger partial charge in [-0.05, 0) is 17.7 Å². The van der Waals surface area contributed by atoms with Crippen LogP contribution in [0.4, 0.5) is 0 Å². The average Bonchev–Trinajstić information content (AvgIpc) is 2.01. The van der Waals surface area contributed by atoms with Crippen molar-refractivity contribution in [3.05, 3.63) is 39.5 Å². The first-order valence-corrected chi connectivity index (χ1v) is 3.33. The monoisotopic (exact) mass is 168 g/mol. The zero-order valence-electron chi connectivity index (χ0n) is 5.61. The molecule has 0 atom stereocenters. The molecule has 0 saturated carbocycles. The Kier molecular flexibility index (Phi) is 2.72. The molecular weight excluding hydrogens is 164 g/mol. The molecule has 0 saturated heterocycles. The minimum absolute atomic E-state index is 0.247. The van der Waals surface area contributed by atoms with Crippen LogP contribution in [0.3, 0.4) is 0 Å². The van der Waals surface area contributed by atoms with Gasteiger partial charge in [0.25, 0.3) is 0 Å². The lowest BCUT2D eigenvalue weighted by Gasteiger charge is -1.93. The van der Waals surface area contributed by atoms with Gasteiger partial charge >= 0.3 is 0 Å². The molecule has 0 aromatic carbocycles. The quantitative estimate of drug-likeness (QED) is 0.290. The Bertz CT molecular complexity index is 292. The number of aromatic nitrogens is 1. The van der Waals surface area contributed by atoms with Crippen LogP contribution in [-0.2, 0) is 6.54 Å². The number of hydrogen-bond donors (Lipinski definition) is 0. The van der Waals surface area contributed by atoms with Crippen molar-refractivity contribution < 1.29 is 0 Å². The summed E-state index contributed by atoms with van der Waals surface area (Å²) in [6.45, 7) is 0.247. The van der Waals surface area contributed by atoms with Gasteiger partial charge in [0.05, 0.1) is 6.54 Å². The van der Waals surface area contributed by atoms with Gasteiger partial charge in [0, 0.05) is 10.6 Å². The highest BCUT2D eigenvalue weighted by atomic mass is 35.5. The van der Waals surface area contributed by atoms with E-state index in [0.717, 1.165) is 0 Å². The summed E-state index contributed by atoms with van der Waals surface area (Å²) in [7, 11) is 0. The zero-order valence-corrected chi connectivity index (χ0v) is 6.36. The third kappa shape index (κ3) is 2.45. The second kappa shape index (κ2) is 3.81. The second-order valence-corrected chi connectivity index (χ2v) is 2.23. The summed E-state index contributed by atoms with van der Waals surface area (Å²) in [5.74, 6) is 0. The molecule has 5 heteroatoms. The van der Waals surface area contributed by atoms with Crippen molar-refractivity contribution in [2.24, 2.45) is 5.11 Å². The molecule has 0 aliphatic carbocycles. The van der Waals surface area contributed by atoms with E-state index in [1.165, 1.54) is 0 Å². The summed E-state index contributed by atoms with van der Waals surface area (Å²) >= 11 is 5.58. The Labute approximate surface area is 68.5 Å². The van der Waals surface area contributed by atoms with Gasteiger partial charge in [-0.2, -0.15) is 0 Å². The third-order valence-corrected chi connectivity index (χ3v) is 1.28. The molecule has 1 rings (SSSR count). The Morgan fingerprint density at radius 2 is 2.45 bits per heavy atom. The summed E-state index contributed by atoms with van der Waals surface area (Å²) in [6.07, 6.45) is 0. The Morgan fingerprint density at radius 3 is 3.09 bits per heavy atom. The smallest absolute Gasteiger partial charge is 0.129 e. The molecule has 0 aliphatic heterocycles. The highest BCUT2D eigenvalue weighted by Gasteiger charge is 1.91. The van der Waals surface area contributed by atoms with E-state index in [1.54, 1.807) is 18.2 Å². The predicted molar refractivity (Wildman–Crippen MR) is 42.1 cm³/mol. The first-order chi connectivity index (χ1) is 5.33. The summed E-state index contributed by atoms with van der Waals surface area (Å²) in [5, 5.41) is 3.76. The van der Waals surface area contributed by atoms with Crippen molar-refractivity contribution in [1.29, 1.82) is 0 Å².